The van der Waals surface area contributed by atoms with Gasteiger partial charge in [-0.15, -0.1) is 0 Å². The standard InChI is InChI=1S/C16H16N4O2/c1-11(12-6-4-3-5-7-12)17-16-18-14-10-13(20(21)22)8-9-15(14)19(16)2/h3-11H,1-2H3,(H,17,18). The van der Waals surface area contributed by atoms with Gasteiger partial charge in [0.2, 0.25) is 5.95 Å². The van der Waals surface area contributed by atoms with E-state index in [0.717, 1.165) is 11.1 Å². The number of hydrogen-bond donors (Lipinski definition) is 1. The van der Waals surface area contributed by atoms with Gasteiger partial charge >= 0.3 is 0 Å². The number of aromatic nitrogens is 2. The first-order valence-corrected chi connectivity index (χ1v) is 6.98. The Hall–Kier alpha value is -2.89. The van der Waals surface area contributed by atoms with Crippen LogP contribution in [0.2, 0.25) is 0 Å². The summed E-state index contributed by atoms with van der Waals surface area (Å²) in [5, 5.41) is 14.2. The summed E-state index contributed by atoms with van der Waals surface area (Å²) in [4.78, 5) is 14.9. The summed E-state index contributed by atoms with van der Waals surface area (Å²) in [5.74, 6) is 0.687. The van der Waals surface area contributed by atoms with Crippen molar-refractivity contribution < 1.29 is 4.92 Å². The molecule has 0 saturated heterocycles. The number of non-ortho nitro benzene ring substituents is 1. The van der Waals surface area contributed by atoms with Crippen molar-refractivity contribution in [2.75, 3.05) is 5.32 Å². The molecule has 0 spiro atoms. The number of hydrogen-bond acceptors (Lipinski definition) is 4. The zero-order valence-electron chi connectivity index (χ0n) is 12.4. The highest BCUT2D eigenvalue weighted by Crippen LogP contribution is 2.25. The third-order valence-corrected chi connectivity index (χ3v) is 3.72. The van der Waals surface area contributed by atoms with Crippen LogP contribution in [-0.2, 0) is 7.05 Å². The highest BCUT2D eigenvalue weighted by atomic mass is 16.6. The lowest BCUT2D eigenvalue weighted by molar-refractivity contribution is -0.384. The van der Waals surface area contributed by atoms with Gasteiger partial charge < -0.3 is 9.88 Å². The Morgan fingerprint density at radius 1 is 1.23 bits per heavy atom. The smallest absolute Gasteiger partial charge is 0.271 e. The van der Waals surface area contributed by atoms with Crippen molar-refractivity contribution in [2.45, 2.75) is 13.0 Å². The van der Waals surface area contributed by atoms with Crippen LogP contribution in [0.15, 0.2) is 48.5 Å². The van der Waals surface area contributed by atoms with E-state index in [4.69, 9.17) is 0 Å². The molecule has 1 heterocycles. The lowest BCUT2D eigenvalue weighted by atomic mass is 10.1. The van der Waals surface area contributed by atoms with E-state index in [9.17, 15) is 10.1 Å². The third-order valence-electron chi connectivity index (χ3n) is 3.72. The van der Waals surface area contributed by atoms with Crippen LogP contribution in [-0.4, -0.2) is 14.5 Å². The van der Waals surface area contributed by atoms with Gasteiger partial charge in [0.25, 0.3) is 5.69 Å². The Bertz CT molecular complexity index is 827. The van der Waals surface area contributed by atoms with Crippen LogP contribution >= 0.6 is 0 Å². The van der Waals surface area contributed by atoms with Gasteiger partial charge in [0.05, 0.1) is 22.0 Å². The minimum Gasteiger partial charge on any atom is -0.349 e. The molecule has 112 valence electrons. The highest BCUT2D eigenvalue weighted by Gasteiger charge is 2.14. The molecule has 3 aromatic rings. The molecule has 0 bridgehead atoms. The number of aryl methyl sites for hydroxylation is 1. The van der Waals surface area contributed by atoms with Gasteiger partial charge in [-0.05, 0) is 18.6 Å². The van der Waals surface area contributed by atoms with Gasteiger partial charge in [-0.3, -0.25) is 10.1 Å². The van der Waals surface area contributed by atoms with Crippen LogP contribution < -0.4 is 5.32 Å². The van der Waals surface area contributed by atoms with Gasteiger partial charge in [-0.1, -0.05) is 30.3 Å². The summed E-state index contributed by atoms with van der Waals surface area (Å²) >= 11 is 0. The largest absolute Gasteiger partial charge is 0.349 e. The number of benzene rings is 2. The Balaban J connectivity index is 1.94. The number of rotatable bonds is 4. The lowest BCUT2D eigenvalue weighted by Crippen LogP contribution is -2.10. The fourth-order valence-electron chi connectivity index (χ4n) is 2.45. The van der Waals surface area contributed by atoms with Gasteiger partial charge in [0.1, 0.15) is 0 Å². The summed E-state index contributed by atoms with van der Waals surface area (Å²) in [6, 6.07) is 14.9. The Morgan fingerprint density at radius 3 is 2.64 bits per heavy atom. The van der Waals surface area contributed by atoms with Crippen molar-refractivity contribution >= 4 is 22.7 Å². The number of fused-ring (bicyclic) bond motifs is 1. The lowest BCUT2D eigenvalue weighted by Gasteiger charge is -2.14. The molecule has 1 N–H and O–H groups in total. The highest BCUT2D eigenvalue weighted by molar-refractivity contribution is 5.81. The van der Waals surface area contributed by atoms with E-state index in [1.807, 2.05) is 41.9 Å². The maximum atomic E-state index is 10.9. The number of anilines is 1. The minimum atomic E-state index is -0.409. The molecule has 0 aliphatic carbocycles. The first-order valence-electron chi connectivity index (χ1n) is 6.98. The predicted molar refractivity (Wildman–Crippen MR) is 85.8 cm³/mol. The molecular formula is C16H16N4O2. The van der Waals surface area contributed by atoms with Crippen LogP contribution in [0.4, 0.5) is 11.6 Å². The fourth-order valence-corrected chi connectivity index (χ4v) is 2.45. The SMILES string of the molecule is CC(Nc1nc2cc([N+](=O)[O-])ccc2n1C)c1ccccc1. The molecule has 1 aromatic heterocycles. The van der Waals surface area contributed by atoms with Crippen molar-refractivity contribution in [1.82, 2.24) is 9.55 Å². The first-order chi connectivity index (χ1) is 10.6. The Labute approximate surface area is 127 Å². The van der Waals surface area contributed by atoms with E-state index in [2.05, 4.69) is 17.2 Å². The van der Waals surface area contributed by atoms with Crippen molar-refractivity contribution in [3.8, 4) is 0 Å². The van der Waals surface area contributed by atoms with Gasteiger partial charge in [0.15, 0.2) is 0 Å². The van der Waals surface area contributed by atoms with Gasteiger partial charge in [0, 0.05) is 19.2 Å². The second-order valence-corrected chi connectivity index (χ2v) is 5.20. The number of nitro benzene ring substituents is 1. The molecule has 0 aliphatic heterocycles. The van der Waals surface area contributed by atoms with Crippen LogP contribution in [0.3, 0.4) is 0 Å². The van der Waals surface area contributed by atoms with E-state index in [0.29, 0.717) is 11.5 Å². The average Bonchev–Trinajstić information content (AvgIpc) is 2.84. The third kappa shape index (κ3) is 2.50. The van der Waals surface area contributed by atoms with E-state index in [1.165, 1.54) is 12.1 Å². The molecule has 6 nitrogen and oxygen atoms in total. The van der Waals surface area contributed by atoms with E-state index < -0.39 is 4.92 Å². The number of nitrogens with one attached hydrogen (secondary N) is 1. The molecule has 3 rings (SSSR count). The van der Waals surface area contributed by atoms with Crippen LogP contribution in [0, 0.1) is 10.1 Å². The predicted octanol–water partition coefficient (Wildman–Crippen LogP) is 3.65. The molecule has 0 fully saturated rings. The molecule has 0 saturated carbocycles. The molecular weight excluding hydrogens is 280 g/mol. The molecule has 0 aliphatic rings. The quantitative estimate of drug-likeness (QED) is 0.589. The number of nitrogens with zero attached hydrogens (tertiary/aromatic N) is 3. The summed E-state index contributed by atoms with van der Waals surface area (Å²) in [7, 11) is 1.89. The first kappa shape index (κ1) is 14.1. The average molecular weight is 296 g/mol. The Morgan fingerprint density at radius 2 is 1.95 bits per heavy atom. The van der Waals surface area contributed by atoms with Crippen LogP contribution in [0.1, 0.15) is 18.5 Å². The minimum absolute atomic E-state index is 0.0493. The van der Waals surface area contributed by atoms with Crippen molar-refractivity contribution in [3.05, 3.63) is 64.2 Å². The molecule has 0 amide bonds. The van der Waals surface area contributed by atoms with Crippen LogP contribution in [0.5, 0.6) is 0 Å². The molecule has 1 atom stereocenters. The van der Waals surface area contributed by atoms with Crippen molar-refractivity contribution in [1.29, 1.82) is 0 Å². The second-order valence-electron chi connectivity index (χ2n) is 5.20. The maximum absolute atomic E-state index is 10.9. The normalized spacial score (nSPS) is 12.3. The van der Waals surface area contributed by atoms with Crippen LogP contribution in [0.25, 0.3) is 11.0 Å². The molecule has 1 unspecified atom stereocenters. The summed E-state index contributed by atoms with van der Waals surface area (Å²) in [6.45, 7) is 2.05. The summed E-state index contributed by atoms with van der Waals surface area (Å²) in [5.41, 5.74) is 2.67. The zero-order valence-corrected chi connectivity index (χ0v) is 12.4. The zero-order chi connectivity index (χ0) is 15.7. The molecule has 22 heavy (non-hydrogen) atoms. The van der Waals surface area contributed by atoms with E-state index >= 15 is 0 Å². The van der Waals surface area contributed by atoms with Gasteiger partial charge in [-0.25, -0.2) is 4.98 Å². The topological polar surface area (TPSA) is 73.0 Å². The second kappa shape index (κ2) is 5.48. The Kier molecular flexibility index (Phi) is 3.50. The van der Waals surface area contributed by atoms with Crippen molar-refractivity contribution in [2.24, 2.45) is 7.05 Å². The number of imidazole rings is 1. The fraction of sp³-hybridized carbons (Fsp3) is 0.188. The summed E-state index contributed by atoms with van der Waals surface area (Å²) in [6.07, 6.45) is 0. The summed E-state index contributed by atoms with van der Waals surface area (Å²) < 4.78 is 1.90. The molecule has 0 radical (unpaired) electrons. The molecule has 6 heteroatoms. The van der Waals surface area contributed by atoms with Gasteiger partial charge in [-0.2, -0.15) is 0 Å². The maximum Gasteiger partial charge on any atom is 0.271 e. The van der Waals surface area contributed by atoms with E-state index in [1.54, 1.807) is 6.07 Å². The number of nitro groups is 1. The monoisotopic (exact) mass is 296 g/mol. The molecule has 2 aromatic carbocycles. The van der Waals surface area contributed by atoms with Crippen molar-refractivity contribution in [3.63, 3.8) is 0 Å². The van der Waals surface area contributed by atoms with E-state index in [-0.39, 0.29) is 11.7 Å².